The van der Waals surface area contributed by atoms with Crippen molar-refractivity contribution in [2.45, 2.75) is 70.3 Å². The smallest absolute Gasteiger partial charge is 0.321 e. The lowest BCUT2D eigenvalue weighted by Gasteiger charge is -2.42. The molecule has 12 heteroatoms. The van der Waals surface area contributed by atoms with Crippen LogP contribution in [0.2, 0.25) is 0 Å². The average molecular weight is 607 g/mol. The minimum Gasteiger partial charge on any atom is -0.321 e. The fourth-order valence-electron chi connectivity index (χ4n) is 7.01. The van der Waals surface area contributed by atoms with Crippen LogP contribution in [0.4, 0.5) is 19.0 Å². The van der Waals surface area contributed by atoms with Crippen molar-refractivity contribution in [3.63, 3.8) is 0 Å². The summed E-state index contributed by atoms with van der Waals surface area (Å²) in [5.74, 6) is 0.786. The van der Waals surface area contributed by atoms with Crippen LogP contribution < -0.4 is 4.90 Å². The van der Waals surface area contributed by atoms with Gasteiger partial charge in [-0.05, 0) is 66.8 Å². The lowest BCUT2D eigenvalue weighted by Crippen LogP contribution is -2.53. The zero-order valence-corrected chi connectivity index (χ0v) is 25.5. The van der Waals surface area contributed by atoms with Crippen molar-refractivity contribution in [2.24, 2.45) is 13.0 Å². The molecule has 2 aromatic heterocycles. The van der Waals surface area contributed by atoms with Crippen molar-refractivity contribution in [2.75, 3.05) is 31.6 Å². The van der Waals surface area contributed by atoms with E-state index >= 15 is 0 Å². The third-order valence-electron chi connectivity index (χ3n) is 9.73. The summed E-state index contributed by atoms with van der Waals surface area (Å²) in [6, 6.07) is 8.62. The van der Waals surface area contributed by atoms with E-state index in [1.807, 2.05) is 11.6 Å². The number of nitrogens with zero attached hydrogens (tertiary/aromatic N) is 8. The monoisotopic (exact) mass is 606 g/mol. The number of alkyl halides is 3. The molecule has 1 saturated carbocycles. The third kappa shape index (κ3) is 5.48. The predicted octanol–water partition coefficient (Wildman–Crippen LogP) is 4.70. The second kappa shape index (κ2) is 11.3. The summed E-state index contributed by atoms with van der Waals surface area (Å²) in [7, 11) is 3.93. The van der Waals surface area contributed by atoms with Crippen LogP contribution in [0.3, 0.4) is 0 Å². The molecule has 1 atom stereocenters. The van der Waals surface area contributed by atoms with Crippen LogP contribution in [0, 0.1) is 17.2 Å². The summed E-state index contributed by atoms with van der Waals surface area (Å²) in [6.07, 6.45) is 0.307. The molecule has 1 amide bonds. The quantitative estimate of drug-likeness (QED) is 0.385. The van der Waals surface area contributed by atoms with Gasteiger partial charge in [-0.15, -0.1) is 10.2 Å². The molecule has 232 valence electrons. The number of pyridine rings is 1. The molecule has 2 fully saturated rings. The van der Waals surface area contributed by atoms with Gasteiger partial charge in [-0.1, -0.05) is 20.3 Å². The number of piperazine rings is 1. The van der Waals surface area contributed by atoms with E-state index in [0.717, 1.165) is 50.3 Å². The number of nitriles is 1. The van der Waals surface area contributed by atoms with Gasteiger partial charge in [0.25, 0.3) is 5.91 Å². The van der Waals surface area contributed by atoms with Gasteiger partial charge in [0, 0.05) is 56.7 Å². The highest BCUT2D eigenvalue weighted by atomic mass is 19.4. The topological polar surface area (TPSA) is 94.2 Å². The maximum atomic E-state index is 14.5. The third-order valence-corrected chi connectivity index (χ3v) is 9.73. The van der Waals surface area contributed by atoms with Crippen LogP contribution in [0.1, 0.15) is 77.2 Å². The predicted molar refractivity (Wildman–Crippen MR) is 158 cm³/mol. The number of benzene rings is 1. The maximum Gasteiger partial charge on any atom is 0.416 e. The molecular weight excluding hydrogens is 569 g/mol. The summed E-state index contributed by atoms with van der Waals surface area (Å²) in [5, 5.41) is 18.1. The molecule has 44 heavy (non-hydrogen) atoms. The molecule has 0 N–H and O–H groups in total. The molecule has 0 spiro atoms. The van der Waals surface area contributed by atoms with Crippen LogP contribution in [-0.4, -0.2) is 68.2 Å². The van der Waals surface area contributed by atoms with Crippen molar-refractivity contribution < 1.29 is 18.0 Å². The molecule has 1 aliphatic carbocycles. The van der Waals surface area contributed by atoms with Gasteiger partial charge in [0.05, 0.1) is 12.1 Å². The fourth-order valence-corrected chi connectivity index (χ4v) is 7.01. The van der Waals surface area contributed by atoms with Crippen LogP contribution in [0.25, 0.3) is 0 Å². The first-order valence-corrected chi connectivity index (χ1v) is 15.1. The van der Waals surface area contributed by atoms with Gasteiger partial charge >= 0.3 is 6.18 Å². The summed E-state index contributed by atoms with van der Waals surface area (Å²) in [5.41, 5.74) is 0.324. The highest BCUT2D eigenvalue weighted by Gasteiger charge is 2.43. The maximum absolute atomic E-state index is 14.5. The Balaban J connectivity index is 1.35. The standard InChI is InChI=1S/C32H37F3N8O/c1-20(2)27-18-40(3)8-9-42(27)16-21-10-24-25(26(11-21)32(33,34)35)17-43(30(24)44)28-13-22(12-23(15-36)38-28)31(6-5-7-31)14-29-39-37-19-41(29)4/h10-13,19-20,27H,5-9,14,16-18H2,1-4H3/t27-/m1/s1. The van der Waals surface area contributed by atoms with Gasteiger partial charge in [-0.2, -0.15) is 18.4 Å². The molecule has 2 aliphatic heterocycles. The number of anilines is 1. The summed E-state index contributed by atoms with van der Waals surface area (Å²) in [4.78, 5) is 24.0. The van der Waals surface area contributed by atoms with Gasteiger partial charge in [0.2, 0.25) is 0 Å². The number of amides is 1. The van der Waals surface area contributed by atoms with Crippen LogP contribution in [-0.2, 0) is 38.1 Å². The zero-order valence-electron chi connectivity index (χ0n) is 25.5. The number of carbonyl (C=O) groups is 1. The fraction of sp³-hybridized carbons (Fsp3) is 0.531. The normalized spacial score (nSPS) is 20.6. The number of fused-ring (bicyclic) bond motifs is 1. The Kier molecular flexibility index (Phi) is 7.74. The molecule has 1 saturated heterocycles. The molecule has 3 aliphatic rings. The van der Waals surface area contributed by atoms with E-state index in [1.165, 1.54) is 11.0 Å². The van der Waals surface area contributed by atoms with Crippen molar-refractivity contribution >= 4 is 11.7 Å². The van der Waals surface area contributed by atoms with E-state index in [2.05, 4.69) is 51.9 Å². The Morgan fingerprint density at radius 3 is 2.52 bits per heavy atom. The number of aromatic nitrogens is 4. The number of likely N-dealkylation sites (N-methyl/N-ethyl adjacent to an activating group) is 1. The Morgan fingerprint density at radius 1 is 1.14 bits per heavy atom. The second-order valence-electron chi connectivity index (χ2n) is 13.0. The highest BCUT2D eigenvalue weighted by Crippen LogP contribution is 2.47. The molecule has 0 unspecified atom stereocenters. The van der Waals surface area contributed by atoms with E-state index in [9.17, 15) is 23.2 Å². The number of carbonyl (C=O) groups excluding carboxylic acids is 1. The van der Waals surface area contributed by atoms with Gasteiger partial charge in [-0.3, -0.25) is 14.6 Å². The SMILES string of the molecule is CC(C)[C@H]1CN(C)CCN1Cc1cc2c(c(C(F)(F)F)c1)CN(c1cc(C3(Cc4nncn4C)CCC3)cc(C#N)n1)C2=O. The first-order valence-electron chi connectivity index (χ1n) is 15.1. The molecule has 0 radical (unpaired) electrons. The lowest BCUT2D eigenvalue weighted by molar-refractivity contribution is -0.138. The highest BCUT2D eigenvalue weighted by molar-refractivity contribution is 6.10. The molecular formula is C32H37F3N8O. The number of hydrogen-bond donors (Lipinski definition) is 0. The Bertz CT molecular complexity index is 1620. The summed E-state index contributed by atoms with van der Waals surface area (Å²) < 4.78 is 45.4. The average Bonchev–Trinajstić information content (AvgIpc) is 3.52. The van der Waals surface area contributed by atoms with E-state index in [1.54, 1.807) is 24.5 Å². The number of rotatable bonds is 7. The molecule has 6 rings (SSSR count). The van der Waals surface area contributed by atoms with E-state index in [4.69, 9.17) is 0 Å². The van der Waals surface area contributed by atoms with Crippen LogP contribution >= 0.6 is 0 Å². The van der Waals surface area contributed by atoms with Crippen molar-refractivity contribution in [1.29, 1.82) is 5.26 Å². The molecule has 4 heterocycles. The van der Waals surface area contributed by atoms with Crippen LogP contribution in [0.5, 0.6) is 0 Å². The van der Waals surface area contributed by atoms with Crippen LogP contribution in [0.15, 0.2) is 30.6 Å². The van der Waals surface area contributed by atoms with Gasteiger partial charge in [0.1, 0.15) is 29.7 Å². The van der Waals surface area contributed by atoms with Gasteiger partial charge < -0.3 is 9.47 Å². The lowest BCUT2D eigenvalue weighted by atomic mass is 9.62. The molecule has 3 aromatic rings. The summed E-state index contributed by atoms with van der Waals surface area (Å²) in [6.45, 7) is 6.72. The number of hydrogen-bond acceptors (Lipinski definition) is 7. The Labute approximate surface area is 255 Å². The Morgan fingerprint density at radius 2 is 1.91 bits per heavy atom. The van der Waals surface area contributed by atoms with E-state index in [-0.39, 0.29) is 40.6 Å². The molecule has 9 nitrogen and oxygen atoms in total. The molecule has 0 bridgehead atoms. The first-order chi connectivity index (χ1) is 20.9. The summed E-state index contributed by atoms with van der Waals surface area (Å²) >= 11 is 0. The largest absolute Gasteiger partial charge is 0.416 e. The van der Waals surface area contributed by atoms with Crippen molar-refractivity contribution in [3.8, 4) is 6.07 Å². The van der Waals surface area contributed by atoms with Gasteiger partial charge in [-0.25, -0.2) is 4.98 Å². The minimum absolute atomic E-state index is 0.0480. The number of halogens is 3. The van der Waals surface area contributed by atoms with Crippen molar-refractivity contribution in [3.05, 3.63) is 69.9 Å². The first kappa shape index (κ1) is 30.2. The molecule has 1 aromatic carbocycles. The van der Waals surface area contributed by atoms with E-state index < -0.39 is 17.6 Å². The van der Waals surface area contributed by atoms with Gasteiger partial charge in [0.15, 0.2) is 0 Å². The zero-order chi connectivity index (χ0) is 31.4. The minimum atomic E-state index is -4.63. The second-order valence-corrected chi connectivity index (χ2v) is 13.0. The van der Waals surface area contributed by atoms with Crippen molar-refractivity contribution in [1.82, 2.24) is 29.5 Å². The number of aryl methyl sites for hydroxylation is 1. The Hall–Kier alpha value is -3.82. The van der Waals surface area contributed by atoms with E-state index in [0.29, 0.717) is 24.4 Å².